The SMILES string of the molecule is CC1(C)CC(O)(C(C)(C)C)C(C)(C)O1. The standard InChI is InChI=1S/C12H24O2/c1-9(2,3)12(13)8-10(4,5)14-11(12,6)7/h13H,8H2,1-7H3. The third kappa shape index (κ3) is 1.59. The zero-order valence-electron chi connectivity index (χ0n) is 10.6. The highest BCUT2D eigenvalue weighted by atomic mass is 16.5. The van der Waals surface area contributed by atoms with E-state index in [9.17, 15) is 5.11 Å². The van der Waals surface area contributed by atoms with Crippen molar-refractivity contribution in [3.8, 4) is 0 Å². The van der Waals surface area contributed by atoms with Gasteiger partial charge in [0.1, 0.15) is 5.60 Å². The van der Waals surface area contributed by atoms with Gasteiger partial charge in [-0.2, -0.15) is 0 Å². The van der Waals surface area contributed by atoms with Gasteiger partial charge in [0.05, 0.1) is 11.2 Å². The maximum Gasteiger partial charge on any atom is 0.101 e. The Morgan fingerprint density at radius 3 is 1.64 bits per heavy atom. The van der Waals surface area contributed by atoms with E-state index in [0.717, 1.165) is 0 Å². The normalized spacial score (nSPS) is 36.0. The highest BCUT2D eigenvalue weighted by Crippen LogP contribution is 2.53. The van der Waals surface area contributed by atoms with Crippen molar-refractivity contribution in [1.29, 1.82) is 0 Å². The average Bonchev–Trinajstić information content (AvgIpc) is 1.94. The molecule has 1 unspecified atom stereocenters. The zero-order valence-corrected chi connectivity index (χ0v) is 10.6. The van der Waals surface area contributed by atoms with E-state index in [-0.39, 0.29) is 11.0 Å². The molecule has 1 rings (SSSR count). The van der Waals surface area contributed by atoms with Crippen LogP contribution in [0.2, 0.25) is 0 Å². The summed E-state index contributed by atoms with van der Waals surface area (Å²) < 4.78 is 5.93. The van der Waals surface area contributed by atoms with Gasteiger partial charge in [-0.1, -0.05) is 20.8 Å². The monoisotopic (exact) mass is 200 g/mol. The summed E-state index contributed by atoms with van der Waals surface area (Å²) in [5.41, 5.74) is -1.63. The smallest absolute Gasteiger partial charge is 0.101 e. The molecule has 1 aliphatic heterocycles. The highest BCUT2D eigenvalue weighted by molar-refractivity contribution is 5.11. The van der Waals surface area contributed by atoms with Crippen molar-refractivity contribution in [3.05, 3.63) is 0 Å². The molecule has 0 spiro atoms. The first-order chi connectivity index (χ1) is 5.91. The zero-order chi connectivity index (χ0) is 11.4. The van der Waals surface area contributed by atoms with Crippen LogP contribution in [-0.4, -0.2) is 21.9 Å². The molecular weight excluding hydrogens is 176 g/mol. The molecular formula is C12H24O2. The summed E-state index contributed by atoms with van der Waals surface area (Å²) in [6.07, 6.45) is 0.691. The highest BCUT2D eigenvalue weighted by Gasteiger charge is 2.61. The van der Waals surface area contributed by atoms with Crippen LogP contribution in [-0.2, 0) is 4.74 Å². The van der Waals surface area contributed by atoms with Crippen LogP contribution in [0.5, 0.6) is 0 Å². The molecule has 0 aromatic heterocycles. The Morgan fingerprint density at radius 2 is 1.50 bits per heavy atom. The molecule has 1 N–H and O–H groups in total. The van der Waals surface area contributed by atoms with E-state index in [1.807, 2.05) is 27.7 Å². The molecule has 0 bridgehead atoms. The molecule has 2 heteroatoms. The van der Waals surface area contributed by atoms with Gasteiger partial charge in [-0.3, -0.25) is 0 Å². The Balaban J connectivity index is 3.12. The summed E-state index contributed by atoms with van der Waals surface area (Å²) in [4.78, 5) is 0. The Bertz CT molecular complexity index is 235. The minimum Gasteiger partial charge on any atom is -0.386 e. The van der Waals surface area contributed by atoms with E-state index >= 15 is 0 Å². The lowest BCUT2D eigenvalue weighted by Crippen LogP contribution is -2.55. The average molecular weight is 200 g/mol. The van der Waals surface area contributed by atoms with Crippen molar-refractivity contribution in [2.75, 3.05) is 0 Å². The molecule has 0 aliphatic carbocycles. The minimum atomic E-state index is -0.760. The Labute approximate surface area is 87.7 Å². The van der Waals surface area contributed by atoms with E-state index in [0.29, 0.717) is 6.42 Å². The van der Waals surface area contributed by atoms with E-state index in [1.165, 1.54) is 0 Å². The van der Waals surface area contributed by atoms with Crippen molar-refractivity contribution < 1.29 is 9.84 Å². The van der Waals surface area contributed by atoms with E-state index in [2.05, 4.69) is 20.8 Å². The van der Waals surface area contributed by atoms with Gasteiger partial charge in [0.15, 0.2) is 0 Å². The van der Waals surface area contributed by atoms with Crippen molar-refractivity contribution in [1.82, 2.24) is 0 Å². The summed E-state index contributed by atoms with van der Waals surface area (Å²) in [7, 11) is 0. The molecule has 0 amide bonds. The number of hydrogen-bond acceptors (Lipinski definition) is 2. The van der Waals surface area contributed by atoms with Crippen molar-refractivity contribution in [2.24, 2.45) is 5.41 Å². The lowest BCUT2D eigenvalue weighted by Gasteiger charge is -2.45. The van der Waals surface area contributed by atoms with Crippen LogP contribution in [0.1, 0.15) is 54.9 Å². The number of aliphatic hydroxyl groups is 1. The maximum atomic E-state index is 10.8. The molecule has 1 heterocycles. The molecule has 2 nitrogen and oxygen atoms in total. The second-order valence-corrected chi connectivity index (χ2v) is 6.66. The molecule has 0 aromatic carbocycles. The predicted molar refractivity (Wildman–Crippen MR) is 58.3 cm³/mol. The van der Waals surface area contributed by atoms with Gasteiger partial charge in [0, 0.05) is 6.42 Å². The molecule has 1 atom stereocenters. The topological polar surface area (TPSA) is 29.5 Å². The fourth-order valence-electron chi connectivity index (χ4n) is 2.81. The minimum absolute atomic E-state index is 0.162. The van der Waals surface area contributed by atoms with Gasteiger partial charge in [-0.25, -0.2) is 0 Å². The third-order valence-electron chi connectivity index (χ3n) is 3.45. The van der Waals surface area contributed by atoms with Crippen molar-refractivity contribution in [2.45, 2.75) is 71.7 Å². The lowest BCUT2D eigenvalue weighted by molar-refractivity contribution is -0.165. The van der Waals surface area contributed by atoms with Gasteiger partial charge in [0.2, 0.25) is 0 Å². The van der Waals surface area contributed by atoms with Crippen molar-refractivity contribution in [3.63, 3.8) is 0 Å². The van der Waals surface area contributed by atoms with Crippen LogP contribution in [0.25, 0.3) is 0 Å². The van der Waals surface area contributed by atoms with Crippen LogP contribution < -0.4 is 0 Å². The summed E-state index contributed by atoms with van der Waals surface area (Å²) in [6.45, 7) is 14.2. The maximum absolute atomic E-state index is 10.8. The largest absolute Gasteiger partial charge is 0.386 e. The van der Waals surface area contributed by atoms with Gasteiger partial charge >= 0.3 is 0 Å². The first kappa shape index (κ1) is 12.0. The van der Waals surface area contributed by atoms with Crippen LogP contribution in [0.3, 0.4) is 0 Å². The molecule has 14 heavy (non-hydrogen) atoms. The Morgan fingerprint density at radius 1 is 1.07 bits per heavy atom. The van der Waals surface area contributed by atoms with Crippen LogP contribution in [0, 0.1) is 5.41 Å². The van der Waals surface area contributed by atoms with E-state index in [4.69, 9.17) is 4.74 Å². The summed E-state index contributed by atoms with van der Waals surface area (Å²) in [5, 5.41) is 10.8. The summed E-state index contributed by atoms with van der Waals surface area (Å²) in [6, 6.07) is 0. The molecule has 0 aromatic rings. The van der Waals surface area contributed by atoms with Gasteiger partial charge < -0.3 is 9.84 Å². The fraction of sp³-hybridized carbons (Fsp3) is 1.00. The Hall–Kier alpha value is -0.0800. The van der Waals surface area contributed by atoms with Crippen molar-refractivity contribution >= 4 is 0 Å². The second kappa shape index (κ2) is 2.73. The molecule has 1 aliphatic rings. The molecule has 0 saturated carbocycles. The lowest BCUT2D eigenvalue weighted by atomic mass is 9.66. The summed E-state index contributed by atoms with van der Waals surface area (Å²) >= 11 is 0. The second-order valence-electron chi connectivity index (χ2n) is 6.66. The molecule has 1 fully saturated rings. The van der Waals surface area contributed by atoms with E-state index < -0.39 is 11.2 Å². The van der Waals surface area contributed by atoms with Crippen LogP contribution in [0.4, 0.5) is 0 Å². The third-order valence-corrected chi connectivity index (χ3v) is 3.45. The molecule has 84 valence electrons. The molecule has 1 saturated heterocycles. The van der Waals surface area contributed by atoms with Gasteiger partial charge in [-0.15, -0.1) is 0 Å². The van der Waals surface area contributed by atoms with E-state index in [1.54, 1.807) is 0 Å². The number of rotatable bonds is 0. The predicted octanol–water partition coefficient (Wildman–Crippen LogP) is 2.74. The van der Waals surface area contributed by atoms with Crippen LogP contribution >= 0.6 is 0 Å². The van der Waals surface area contributed by atoms with Gasteiger partial charge in [0.25, 0.3) is 0 Å². The molecule has 0 radical (unpaired) electrons. The number of hydrogen-bond donors (Lipinski definition) is 1. The quantitative estimate of drug-likeness (QED) is 0.651. The first-order valence-electron chi connectivity index (χ1n) is 5.34. The Kier molecular flexibility index (Phi) is 2.34. The van der Waals surface area contributed by atoms with Gasteiger partial charge in [-0.05, 0) is 33.1 Å². The summed E-state index contributed by atoms with van der Waals surface area (Å²) in [5.74, 6) is 0. The number of ether oxygens (including phenoxy) is 1. The van der Waals surface area contributed by atoms with Crippen LogP contribution in [0.15, 0.2) is 0 Å². The fourth-order valence-corrected chi connectivity index (χ4v) is 2.81. The first-order valence-corrected chi connectivity index (χ1v) is 5.34.